The van der Waals surface area contributed by atoms with E-state index in [1.54, 1.807) is 5.48 Å². The fourth-order valence-electron chi connectivity index (χ4n) is 3.83. The van der Waals surface area contributed by atoms with Crippen molar-refractivity contribution in [3.05, 3.63) is 54.3 Å². The van der Waals surface area contributed by atoms with Gasteiger partial charge in [-0.15, -0.1) is 0 Å². The predicted octanol–water partition coefficient (Wildman–Crippen LogP) is 3.69. The lowest BCUT2D eigenvalue weighted by Crippen LogP contribution is -2.51. The molecule has 30 heavy (non-hydrogen) atoms. The van der Waals surface area contributed by atoms with E-state index in [9.17, 15) is 17.6 Å². The summed E-state index contributed by atoms with van der Waals surface area (Å²) in [6.45, 7) is 0. The van der Waals surface area contributed by atoms with E-state index in [1.807, 2.05) is 0 Å². The van der Waals surface area contributed by atoms with Crippen molar-refractivity contribution in [1.82, 2.24) is 9.79 Å². The van der Waals surface area contributed by atoms with Crippen LogP contribution in [0.3, 0.4) is 0 Å². The number of nitrogens with zero attached hydrogens (tertiary/aromatic N) is 1. The number of nitrogens with one attached hydrogen (secondary N) is 1. The molecule has 1 saturated carbocycles. The van der Waals surface area contributed by atoms with Crippen LogP contribution < -0.4 is 10.2 Å². The number of likely N-dealkylation sites (N-methyl/N-ethyl adjacent to an activating group) is 1. The van der Waals surface area contributed by atoms with Crippen LogP contribution in [0.2, 0.25) is 0 Å². The van der Waals surface area contributed by atoms with Crippen molar-refractivity contribution in [2.45, 2.75) is 43.0 Å². The van der Waals surface area contributed by atoms with E-state index >= 15 is 0 Å². The Morgan fingerprint density at radius 1 is 1.07 bits per heavy atom. The fourth-order valence-corrected chi connectivity index (χ4v) is 5.21. The molecule has 162 valence electrons. The third-order valence-corrected chi connectivity index (χ3v) is 7.27. The van der Waals surface area contributed by atoms with Gasteiger partial charge < -0.3 is 4.74 Å². The van der Waals surface area contributed by atoms with E-state index in [0.29, 0.717) is 11.5 Å². The minimum atomic E-state index is -3.98. The Morgan fingerprint density at radius 2 is 1.60 bits per heavy atom. The number of carbonyl (C=O) groups excluding carboxylic acids is 1. The zero-order valence-corrected chi connectivity index (χ0v) is 17.4. The summed E-state index contributed by atoms with van der Waals surface area (Å²) in [5, 5.41) is 9.15. The van der Waals surface area contributed by atoms with E-state index in [4.69, 9.17) is 9.94 Å². The number of halogens is 1. The molecule has 0 saturated heterocycles. The van der Waals surface area contributed by atoms with Crippen LogP contribution in [0, 0.1) is 11.7 Å². The fraction of sp³-hybridized carbons (Fsp3) is 0.381. The molecule has 0 bridgehead atoms. The molecule has 0 aromatic heterocycles. The van der Waals surface area contributed by atoms with Gasteiger partial charge in [-0.3, -0.25) is 10.0 Å². The van der Waals surface area contributed by atoms with Crippen LogP contribution in [-0.2, 0) is 14.8 Å². The summed E-state index contributed by atoms with van der Waals surface area (Å²) >= 11 is 0. The van der Waals surface area contributed by atoms with Crippen molar-refractivity contribution in [3.63, 3.8) is 0 Å². The smallest absolute Gasteiger partial charge is 0.262 e. The molecule has 1 aliphatic carbocycles. The summed E-state index contributed by atoms with van der Waals surface area (Å²) < 4.78 is 45.9. The van der Waals surface area contributed by atoms with Gasteiger partial charge in [0.25, 0.3) is 5.91 Å². The van der Waals surface area contributed by atoms with E-state index in [2.05, 4.69) is 0 Å². The second kappa shape index (κ2) is 9.55. The van der Waals surface area contributed by atoms with Crippen molar-refractivity contribution in [2.75, 3.05) is 7.05 Å². The maximum absolute atomic E-state index is 13.1. The highest BCUT2D eigenvalue weighted by atomic mass is 32.2. The van der Waals surface area contributed by atoms with Crippen LogP contribution in [-0.4, -0.2) is 36.9 Å². The Hall–Kier alpha value is -2.49. The average Bonchev–Trinajstić information content (AvgIpc) is 2.76. The van der Waals surface area contributed by atoms with Gasteiger partial charge in [0.2, 0.25) is 10.0 Å². The van der Waals surface area contributed by atoms with Gasteiger partial charge in [-0.2, -0.15) is 4.31 Å². The molecular weight excluding hydrogens is 411 g/mol. The number of amides is 1. The lowest BCUT2D eigenvalue weighted by atomic mass is 9.83. The van der Waals surface area contributed by atoms with Gasteiger partial charge >= 0.3 is 0 Å². The molecule has 0 unspecified atom stereocenters. The van der Waals surface area contributed by atoms with Crippen molar-refractivity contribution in [2.24, 2.45) is 5.92 Å². The summed E-state index contributed by atoms with van der Waals surface area (Å²) in [5.74, 6) is -0.469. The monoisotopic (exact) mass is 436 g/mol. The quantitative estimate of drug-likeness (QED) is 0.510. The molecule has 0 spiro atoms. The van der Waals surface area contributed by atoms with Crippen molar-refractivity contribution < 1.29 is 27.5 Å². The first-order chi connectivity index (χ1) is 14.3. The van der Waals surface area contributed by atoms with Crippen LogP contribution in [0.4, 0.5) is 4.39 Å². The highest BCUT2D eigenvalue weighted by molar-refractivity contribution is 7.89. The molecule has 7 nitrogen and oxygen atoms in total. The standard InChI is InChI=1S/C21H25FN2O5S/c1-24(20(21(25)23-26)15-5-3-2-4-6-15)30(27,28)19-13-11-18(12-14-19)29-17-9-7-16(22)8-10-17/h7-15,20,26H,2-6H2,1H3,(H,23,25)/t20-/m1/s1. The summed E-state index contributed by atoms with van der Waals surface area (Å²) in [6.07, 6.45) is 4.34. The van der Waals surface area contributed by atoms with Gasteiger partial charge in [-0.1, -0.05) is 19.3 Å². The van der Waals surface area contributed by atoms with Crippen molar-refractivity contribution in [1.29, 1.82) is 0 Å². The zero-order valence-electron chi connectivity index (χ0n) is 16.6. The molecule has 1 fully saturated rings. The van der Waals surface area contributed by atoms with E-state index < -0.39 is 22.0 Å². The minimum Gasteiger partial charge on any atom is -0.457 e. The van der Waals surface area contributed by atoms with Crippen molar-refractivity contribution >= 4 is 15.9 Å². The number of benzene rings is 2. The van der Waals surface area contributed by atoms with Crippen LogP contribution in [0.15, 0.2) is 53.4 Å². The van der Waals surface area contributed by atoms with E-state index in [0.717, 1.165) is 36.4 Å². The molecule has 0 radical (unpaired) electrons. The number of sulfonamides is 1. The Bertz CT molecular complexity index is 958. The maximum atomic E-state index is 13.1. The molecule has 2 aromatic rings. The Labute approximate surface area is 175 Å². The highest BCUT2D eigenvalue weighted by Gasteiger charge is 2.38. The lowest BCUT2D eigenvalue weighted by Gasteiger charge is -2.34. The first kappa shape index (κ1) is 22.2. The second-order valence-electron chi connectivity index (χ2n) is 7.37. The average molecular weight is 437 g/mol. The predicted molar refractivity (Wildman–Crippen MR) is 108 cm³/mol. The van der Waals surface area contributed by atoms with Gasteiger partial charge in [-0.05, 0) is 67.3 Å². The topological polar surface area (TPSA) is 95.9 Å². The first-order valence-electron chi connectivity index (χ1n) is 9.78. The number of hydroxylamine groups is 1. The largest absolute Gasteiger partial charge is 0.457 e. The van der Waals surface area contributed by atoms with Crippen LogP contribution in [0.5, 0.6) is 11.5 Å². The maximum Gasteiger partial charge on any atom is 0.262 e. The molecule has 0 heterocycles. The molecule has 1 aliphatic rings. The second-order valence-corrected chi connectivity index (χ2v) is 9.37. The summed E-state index contributed by atoms with van der Waals surface area (Å²) in [5.41, 5.74) is 1.62. The number of rotatable bonds is 7. The van der Waals surface area contributed by atoms with Gasteiger partial charge in [0.15, 0.2) is 0 Å². The Balaban J connectivity index is 1.80. The summed E-state index contributed by atoms with van der Waals surface area (Å²) in [4.78, 5) is 12.3. The Kier molecular flexibility index (Phi) is 7.06. The SMILES string of the molecule is CN([C@@H](C(=O)NO)C1CCCCC1)S(=O)(=O)c1ccc(Oc2ccc(F)cc2)cc1. The lowest BCUT2D eigenvalue weighted by molar-refractivity contribution is -0.135. The summed E-state index contributed by atoms with van der Waals surface area (Å²) in [7, 11) is -2.63. The van der Waals surface area contributed by atoms with Crippen LogP contribution >= 0.6 is 0 Å². The van der Waals surface area contributed by atoms with Crippen molar-refractivity contribution in [3.8, 4) is 11.5 Å². The molecular formula is C21H25FN2O5S. The third kappa shape index (κ3) is 4.97. The van der Waals surface area contributed by atoms with E-state index in [-0.39, 0.29) is 16.6 Å². The molecule has 2 N–H and O–H groups in total. The number of ether oxygens (including phenoxy) is 1. The zero-order chi connectivity index (χ0) is 21.7. The molecule has 0 aliphatic heterocycles. The normalized spacial score (nSPS) is 16.3. The number of carbonyl (C=O) groups is 1. The van der Waals surface area contributed by atoms with Gasteiger partial charge in [-0.25, -0.2) is 18.3 Å². The van der Waals surface area contributed by atoms with Crippen LogP contribution in [0.25, 0.3) is 0 Å². The molecule has 2 aromatic carbocycles. The van der Waals surface area contributed by atoms with Gasteiger partial charge in [0, 0.05) is 7.05 Å². The number of hydrogen-bond donors (Lipinski definition) is 2. The summed E-state index contributed by atoms with van der Waals surface area (Å²) in [6, 6.07) is 10.2. The third-order valence-electron chi connectivity index (χ3n) is 5.42. The van der Waals surface area contributed by atoms with Gasteiger partial charge in [0.1, 0.15) is 23.4 Å². The minimum absolute atomic E-state index is 0.00278. The van der Waals surface area contributed by atoms with E-state index in [1.165, 1.54) is 55.6 Å². The number of hydrogen-bond acceptors (Lipinski definition) is 5. The van der Waals surface area contributed by atoms with Crippen LogP contribution in [0.1, 0.15) is 32.1 Å². The molecule has 1 amide bonds. The molecule has 3 rings (SSSR count). The molecule has 9 heteroatoms. The Morgan fingerprint density at radius 3 is 2.13 bits per heavy atom. The van der Waals surface area contributed by atoms with Gasteiger partial charge in [0.05, 0.1) is 4.90 Å². The highest BCUT2D eigenvalue weighted by Crippen LogP contribution is 2.32. The molecule has 1 atom stereocenters. The first-order valence-corrected chi connectivity index (χ1v) is 11.2.